The quantitative estimate of drug-likeness (QED) is 0.499. The van der Waals surface area contributed by atoms with Crippen LogP contribution in [-0.4, -0.2) is 19.6 Å². The highest BCUT2D eigenvalue weighted by Crippen LogP contribution is 2.32. The molecule has 0 aliphatic rings. The summed E-state index contributed by atoms with van der Waals surface area (Å²) in [6.45, 7) is 0.410. The minimum atomic E-state index is -0.279. The van der Waals surface area contributed by atoms with E-state index >= 15 is 0 Å². The van der Waals surface area contributed by atoms with Gasteiger partial charge in [0.15, 0.2) is 0 Å². The van der Waals surface area contributed by atoms with Crippen LogP contribution in [0, 0.1) is 0 Å². The van der Waals surface area contributed by atoms with Crippen LogP contribution in [0.15, 0.2) is 83.7 Å². The normalized spacial score (nSPS) is 11.3. The van der Waals surface area contributed by atoms with Crippen LogP contribution in [-0.2, 0) is 6.54 Å². The fraction of sp³-hybridized carbons (Fsp3) is 0.0435. The molecule has 0 aliphatic heterocycles. The molecule has 5 heteroatoms. The van der Waals surface area contributed by atoms with Crippen molar-refractivity contribution in [1.82, 2.24) is 14.5 Å². The summed E-state index contributed by atoms with van der Waals surface area (Å²) in [7, 11) is 0. The molecule has 136 valence electrons. The summed E-state index contributed by atoms with van der Waals surface area (Å²) in [5, 5.41) is 11.5. The SMILES string of the molecule is O=c1c(-c2nc3ccccc3[nH]2)c(O)c2ccccc2n1Cc1ccccc1. The van der Waals surface area contributed by atoms with Crippen molar-refractivity contribution in [1.29, 1.82) is 0 Å². The topological polar surface area (TPSA) is 70.9 Å². The Morgan fingerprint density at radius 2 is 1.61 bits per heavy atom. The summed E-state index contributed by atoms with van der Waals surface area (Å²) in [6, 6.07) is 24.7. The molecule has 28 heavy (non-hydrogen) atoms. The zero-order valence-corrected chi connectivity index (χ0v) is 15.0. The van der Waals surface area contributed by atoms with Crippen LogP contribution in [0.2, 0.25) is 0 Å². The van der Waals surface area contributed by atoms with Gasteiger partial charge < -0.3 is 14.7 Å². The van der Waals surface area contributed by atoms with Crippen LogP contribution in [0.4, 0.5) is 0 Å². The Balaban J connectivity index is 1.81. The van der Waals surface area contributed by atoms with E-state index in [-0.39, 0.29) is 16.9 Å². The van der Waals surface area contributed by atoms with Crippen molar-refractivity contribution >= 4 is 21.9 Å². The first-order chi connectivity index (χ1) is 13.7. The maximum Gasteiger partial charge on any atom is 0.266 e. The first-order valence-electron chi connectivity index (χ1n) is 9.06. The molecule has 5 rings (SSSR count). The lowest BCUT2D eigenvalue weighted by molar-refractivity contribution is 0.481. The predicted octanol–water partition coefficient (Wildman–Crippen LogP) is 4.30. The number of aromatic nitrogens is 3. The molecule has 2 N–H and O–H groups in total. The van der Waals surface area contributed by atoms with Crippen LogP contribution >= 0.6 is 0 Å². The summed E-state index contributed by atoms with van der Waals surface area (Å²) >= 11 is 0. The van der Waals surface area contributed by atoms with Crippen molar-refractivity contribution < 1.29 is 5.11 Å². The Labute approximate surface area is 160 Å². The molecule has 0 spiro atoms. The highest BCUT2D eigenvalue weighted by Gasteiger charge is 2.20. The largest absolute Gasteiger partial charge is 0.506 e. The molecule has 0 bridgehead atoms. The second-order valence-corrected chi connectivity index (χ2v) is 6.72. The molecule has 0 aliphatic carbocycles. The average molecular weight is 367 g/mol. The standard InChI is InChI=1S/C23H17N3O2/c27-21-16-10-4-7-13-19(16)26(14-15-8-2-1-3-9-15)23(28)20(21)22-24-17-11-5-6-12-18(17)25-22/h1-13,27H,14H2,(H,24,25). The fourth-order valence-corrected chi connectivity index (χ4v) is 3.60. The molecule has 0 unspecified atom stereocenters. The summed E-state index contributed by atoms with van der Waals surface area (Å²) < 4.78 is 1.69. The lowest BCUT2D eigenvalue weighted by atomic mass is 10.1. The second-order valence-electron chi connectivity index (χ2n) is 6.72. The molecule has 0 amide bonds. The molecule has 0 saturated carbocycles. The number of para-hydroxylation sites is 3. The Hall–Kier alpha value is -3.86. The van der Waals surface area contributed by atoms with Crippen molar-refractivity contribution in [2.75, 3.05) is 0 Å². The van der Waals surface area contributed by atoms with Crippen LogP contribution in [0.3, 0.4) is 0 Å². The van der Waals surface area contributed by atoms with Crippen molar-refractivity contribution in [2.24, 2.45) is 0 Å². The first-order valence-corrected chi connectivity index (χ1v) is 9.06. The molecule has 0 saturated heterocycles. The van der Waals surface area contributed by atoms with Gasteiger partial charge in [-0.1, -0.05) is 54.6 Å². The molecular formula is C23H17N3O2. The number of nitrogens with one attached hydrogen (secondary N) is 1. The maximum absolute atomic E-state index is 13.4. The predicted molar refractivity (Wildman–Crippen MR) is 111 cm³/mol. The van der Waals surface area contributed by atoms with Crippen molar-refractivity contribution in [3.05, 3.63) is 94.8 Å². The number of hydrogen-bond acceptors (Lipinski definition) is 3. The summed E-state index contributed by atoms with van der Waals surface area (Å²) in [5.74, 6) is 0.320. The number of rotatable bonds is 3. The monoisotopic (exact) mass is 367 g/mol. The van der Waals surface area contributed by atoms with Gasteiger partial charge >= 0.3 is 0 Å². The zero-order valence-electron chi connectivity index (χ0n) is 15.0. The van der Waals surface area contributed by atoms with E-state index in [4.69, 9.17) is 0 Å². The third kappa shape index (κ3) is 2.56. The minimum absolute atomic E-state index is 0.0519. The summed E-state index contributed by atoms with van der Waals surface area (Å²) in [6.07, 6.45) is 0. The molecule has 0 atom stereocenters. The highest BCUT2D eigenvalue weighted by molar-refractivity contribution is 5.92. The van der Waals surface area contributed by atoms with E-state index in [1.807, 2.05) is 78.9 Å². The molecule has 0 fully saturated rings. The molecule has 5 aromatic rings. The third-order valence-corrected chi connectivity index (χ3v) is 4.96. The summed E-state index contributed by atoms with van der Waals surface area (Å²) in [4.78, 5) is 21.1. The van der Waals surface area contributed by atoms with E-state index in [2.05, 4.69) is 9.97 Å². The van der Waals surface area contributed by atoms with Crippen LogP contribution in [0.1, 0.15) is 5.56 Å². The Morgan fingerprint density at radius 1 is 0.893 bits per heavy atom. The second kappa shape index (κ2) is 6.39. The molecule has 2 aromatic heterocycles. The summed E-state index contributed by atoms with van der Waals surface area (Å²) in [5.41, 5.74) is 3.17. The van der Waals surface area contributed by atoms with Crippen molar-refractivity contribution in [2.45, 2.75) is 6.54 Å². The Morgan fingerprint density at radius 3 is 2.43 bits per heavy atom. The van der Waals surface area contributed by atoms with Gasteiger partial charge in [0.25, 0.3) is 5.56 Å². The maximum atomic E-state index is 13.4. The number of aromatic hydroxyl groups is 1. The van der Waals surface area contributed by atoms with Gasteiger partial charge in [0.2, 0.25) is 0 Å². The van der Waals surface area contributed by atoms with Gasteiger partial charge in [-0.2, -0.15) is 0 Å². The van der Waals surface area contributed by atoms with Gasteiger partial charge in [-0.3, -0.25) is 4.79 Å². The number of benzene rings is 3. The smallest absolute Gasteiger partial charge is 0.266 e. The Bertz CT molecular complexity index is 1330. The van der Waals surface area contributed by atoms with E-state index in [1.54, 1.807) is 4.57 Å². The van der Waals surface area contributed by atoms with Crippen LogP contribution in [0.5, 0.6) is 5.75 Å². The fourth-order valence-electron chi connectivity index (χ4n) is 3.60. The zero-order chi connectivity index (χ0) is 19.1. The molecule has 5 nitrogen and oxygen atoms in total. The van der Waals surface area contributed by atoms with Crippen molar-refractivity contribution in [3.63, 3.8) is 0 Å². The highest BCUT2D eigenvalue weighted by atomic mass is 16.3. The van der Waals surface area contributed by atoms with E-state index in [0.717, 1.165) is 16.6 Å². The number of nitrogens with zero attached hydrogens (tertiary/aromatic N) is 2. The molecule has 3 aromatic carbocycles. The number of H-pyrrole nitrogens is 1. The van der Waals surface area contributed by atoms with E-state index in [0.29, 0.717) is 23.3 Å². The number of aromatic amines is 1. The lowest BCUT2D eigenvalue weighted by Crippen LogP contribution is -2.23. The van der Waals surface area contributed by atoms with Gasteiger partial charge in [-0.15, -0.1) is 0 Å². The number of pyridine rings is 1. The number of hydrogen-bond donors (Lipinski definition) is 2. The third-order valence-electron chi connectivity index (χ3n) is 4.96. The van der Waals surface area contributed by atoms with E-state index < -0.39 is 0 Å². The average Bonchev–Trinajstić information content (AvgIpc) is 3.15. The lowest BCUT2D eigenvalue weighted by Gasteiger charge is -2.14. The molecule has 2 heterocycles. The molecule has 0 radical (unpaired) electrons. The van der Waals surface area contributed by atoms with Gasteiger partial charge in [0, 0.05) is 5.39 Å². The van der Waals surface area contributed by atoms with Crippen LogP contribution in [0.25, 0.3) is 33.3 Å². The van der Waals surface area contributed by atoms with Gasteiger partial charge in [0.1, 0.15) is 17.1 Å². The van der Waals surface area contributed by atoms with Gasteiger partial charge in [0.05, 0.1) is 23.1 Å². The van der Waals surface area contributed by atoms with Gasteiger partial charge in [-0.05, 0) is 29.8 Å². The van der Waals surface area contributed by atoms with E-state index in [9.17, 15) is 9.90 Å². The van der Waals surface area contributed by atoms with Gasteiger partial charge in [-0.25, -0.2) is 4.98 Å². The van der Waals surface area contributed by atoms with Crippen molar-refractivity contribution in [3.8, 4) is 17.1 Å². The molecular weight excluding hydrogens is 350 g/mol. The van der Waals surface area contributed by atoms with E-state index in [1.165, 1.54) is 0 Å². The first kappa shape index (κ1) is 16.3. The Kier molecular flexibility index (Phi) is 3.72. The number of fused-ring (bicyclic) bond motifs is 2. The minimum Gasteiger partial charge on any atom is -0.506 e. The number of imidazole rings is 1. The van der Waals surface area contributed by atoms with Crippen LogP contribution < -0.4 is 5.56 Å².